The second-order valence-electron chi connectivity index (χ2n) is 6.44. The Balaban J connectivity index is 1.52. The van der Waals surface area contributed by atoms with E-state index in [1.165, 1.54) is 6.07 Å². The van der Waals surface area contributed by atoms with Gasteiger partial charge in [0.2, 0.25) is 0 Å². The Bertz CT molecular complexity index is 1070. The average molecular weight is 345 g/mol. The Morgan fingerprint density at radius 1 is 0.962 bits per heavy atom. The van der Waals surface area contributed by atoms with Crippen LogP contribution in [0.5, 0.6) is 0 Å². The lowest BCUT2D eigenvalue weighted by molar-refractivity contribution is 0.504. The number of pyridine rings is 1. The number of halogens is 1. The van der Waals surface area contributed by atoms with Gasteiger partial charge in [0.25, 0.3) is 0 Å². The molecule has 0 atom stereocenters. The van der Waals surface area contributed by atoms with E-state index < -0.39 is 0 Å². The lowest BCUT2D eigenvalue weighted by atomic mass is 9.95. The largest absolute Gasteiger partial charge is 0.355 e. The van der Waals surface area contributed by atoms with Gasteiger partial charge in [-0.25, -0.2) is 9.37 Å². The molecule has 0 aliphatic carbocycles. The van der Waals surface area contributed by atoms with Crippen molar-refractivity contribution in [3.8, 4) is 11.3 Å². The molecule has 1 aliphatic rings. The standard InChI is InChI=1S/C20H16FN5/c21-16-6-2-1-5-15(16)18-11-20(26-19(24-18)8-10-23-26)25-12-14(13-25)17-7-3-4-9-22-17/h1-11,14H,12-13H2. The average Bonchev–Trinajstić information content (AvgIpc) is 3.10. The number of nitrogens with zero attached hydrogens (tertiary/aromatic N) is 5. The molecule has 0 saturated carbocycles. The van der Waals surface area contributed by atoms with Gasteiger partial charge >= 0.3 is 0 Å². The first-order valence-corrected chi connectivity index (χ1v) is 8.55. The van der Waals surface area contributed by atoms with E-state index in [0.717, 1.165) is 24.6 Å². The van der Waals surface area contributed by atoms with E-state index in [1.54, 1.807) is 22.8 Å². The van der Waals surface area contributed by atoms with Gasteiger partial charge in [-0.2, -0.15) is 9.61 Å². The molecule has 0 N–H and O–H groups in total. The Morgan fingerprint density at radius 3 is 2.62 bits per heavy atom. The highest BCUT2D eigenvalue weighted by Gasteiger charge is 2.31. The highest BCUT2D eigenvalue weighted by molar-refractivity contribution is 5.68. The fourth-order valence-electron chi connectivity index (χ4n) is 3.40. The van der Waals surface area contributed by atoms with Gasteiger partial charge in [-0.3, -0.25) is 4.98 Å². The first kappa shape index (κ1) is 15.0. The first-order valence-electron chi connectivity index (χ1n) is 8.55. The van der Waals surface area contributed by atoms with Gasteiger partial charge in [-0.15, -0.1) is 0 Å². The molecule has 0 spiro atoms. The zero-order valence-electron chi connectivity index (χ0n) is 14.0. The van der Waals surface area contributed by atoms with Crippen molar-refractivity contribution >= 4 is 11.5 Å². The molecular weight excluding hydrogens is 329 g/mol. The smallest absolute Gasteiger partial charge is 0.157 e. The number of hydrogen-bond donors (Lipinski definition) is 0. The normalized spacial score (nSPS) is 14.6. The Labute approximate surface area is 149 Å². The van der Waals surface area contributed by atoms with E-state index in [4.69, 9.17) is 0 Å². The number of aromatic nitrogens is 4. The summed E-state index contributed by atoms with van der Waals surface area (Å²) in [5, 5.41) is 4.38. The van der Waals surface area contributed by atoms with E-state index in [-0.39, 0.29) is 5.82 Å². The van der Waals surface area contributed by atoms with Gasteiger partial charge in [0, 0.05) is 48.6 Å². The van der Waals surface area contributed by atoms with Crippen molar-refractivity contribution in [2.45, 2.75) is 5.92 Å². The van der Waals surface area contributed by atoms with Gasteiger partial charge in [-0.05, 0) is 24.3 Å². The fourth-order valence-corrected chi connectivity index (χ4v) is 3.40. The molecular formula is C20H16FN5. The Kier molecular flexibility index (Phi) is 3.41. The summed E-state index contributed by atoms with van der Waals surface area (Å²) in [6.45, 7) is 1.71. The maximum absolute atomic E-state index is 14.2. The maximum Gasteiger partial charge on any atom is 0.157 e. The summed E-state index contributed by atoms with van der Waals surface area (Å²) in [7, 11) is 0. The monoisotopic (exact) mass is 345 g/mol. The van der Waals surface area contributed by atoms with Crippen LogP contribution in [0.1, 0.15) is 11.6 Å². The molecule has 1 fully saturated rings. The summed E-state index contributed by atoms with van der Waals surface area (Å²) in [6, 6.07) is 16.5. The number of benzene rings is 1. The van der Waals surface area contributed by atoms with E-state index >= 15 is 0 Å². The van der Waals surface area contributed by atoms with Crippen LogP contribution >= 0.6 is 0 Å². The minimum absolute atomic E-state index is 0.273. The number of anilines is 1. The van der Waals surface area contributed by atoms with Crippen LogP contribution in [-0.2, 0) is 0 Å². The third-order valence-electron chi connectivity index (χ3n) is 4.80. The predicted molar refractivity (Wildman–Crippen MR) is 97.6 cm³/mol. The Hall–Kier alpha value is -3.28. The molecule has 1 aromatic carbocycles. The number of rotatable bonds is 3. The van der Waals surface area contributed by atoms with Gasteiger partial charge in [0.05, 0.1) is 11.9 Å². The highest BCUT2D eigenvalue weighted by atomic mass is 19.1. The fraction of sp³-hybridized carbons (Fsp3) is 0.150. The van der Waals surface area contributed by atoms with Crippen molar-refractivity contribution in [3.63, 3.8) is 0 Å². The Morgan fingerprint density at radius 2 is 1.81 bits per heavy atom. The third kappa shape index (κ3) is 2.42. The molecule has 128 valence electrons. The van der Waals surface area contributed by atoms with Gasteiger partial charge < -0.3 is 4.90 Å². The van der Waals surface area contributed by atoms with Gasteiger partial charge in [0.1, 0.15) is 11.6 Å². The molecule has 0 unspecified atom stereocenters. The second-order valence-corrected chi connectivity index (χ2v) is 6.44. The van der Waals surface area contributed by atoms with Crippen LogP contribution in [0.25, 0.3) is 16.9 Å². The lowest BCUT2D eigenvalue weighted by Crippen LogP contribution is -2.46. The summed E-state index contributed by atoms with van der Waals surface area (Å²) < 4.78 is 16.0. The van der Waals surface area contributed by atoms with Crippen LogP contribution in [0.15, 0.2) is 67.0 Å². The topological polar surface area (TPSA) is 46.3 Å². The van der Waals surface area contributed by atoms with E-state index in [1.807, 2.05) is 36.5 Å². The first-order chi connectivity index (χ1) is 12.8. The van der Waals surface area contributed by atoms with Crippen molar-refractivity contribution in [2.24, 2.45) is 0 Å². The van der Waals surface area contributed by atoms with Crippen LogP contribution in [0.4, 0.5) is 10.2 Å². The molecule has 26 heavy (non-hydrogen) atoms. The van der Waals surface area contributed by atoms with Crippen LogP contribution in [0, 0.1) is 5.82 Å². The van der Waals surface area contributed by atoms with E-state index in [2.05, 4.69) is 26.0 Å². The maximum atomic E-state index is 14.2. The molecule has 1 aliphatic heterocycles. The SMILES string of the molecule is Fc1ccccc1-c1cc(N2CC(c3ccccn3)C2)n2nccc2n1. The van der Waals surface area contributed by atoms with Crippen LogP contribution in [0.3, 0.4) is 0 Å². The zero-order valence-corrected chi connectivity index (χ0v) is 14.0. The molecule has 3 aromatic heterocycles. The summed E-state index contributed by atoms with van der Waals surface area (Å²) in [5.74, 6) is 1.04. The molecule has 4 aromatic rings. The lowest BCUT2D eigenvalue weighted by Gasteiger charge is -2.40. The molecule has 0 bridgehead atoms. The minimum atomic E-state index is -0.273. The zero-order chi connectivity index (χ0) is 17.5. The van der Waals surface area contributed by atoms with Crippen LogP contribution in [0.2, 0.25) is 0 Å². The second kappa shape index (κ2) is 5.91. The molecule has 0 amide bonds. The molecule has 1 saturated heterocycles. The molecule has 6 heteroatoms. The molecule has 4 heterocycles. The minimum Gasteiger partial charge on any atom is -0.355 e. The summed E-state index contributed by atoms with van der Waals surface area (Å²) in [6.07, 6.45) is 3.54. The van der Waals surface area contributed by atoms with Crippen LogP contribution < -0.4 is 4.90 Å². The van der Waals surface area contributed by atoms with E-state index in [9.17, 15) is 4.39 Å². The number of fused-ring (bicyclic) bond motifs is 1. The van der Waals surface area contributed by atoms with Crippen LogP contribution in [-0.4, -0.2) is 32.7 Å². The van der Waals surface area contributed by atoms with Crippen molar-refractivity contribution in [1.82, 2.24) is 19.6 Å². The predicted octanol–water partition coefficient (Wildman–Crippen LogP) is 3.53. The quantitative estimate of drug-likeness (QED) is 0.570. The highest BCUT2D eigenvalue weighted by Crippen LogP contribution is 2.33. The van der Waals surface area contributed by atoms with Crippen molar-refractivity contribution in [2.75, 3.05) is 18.0 Å². The van der Waals surface area contributed by atoms with E-state index in [0.29, 0.717) is 22.8 Å². The van der Waals surface area contributed by atoms with Gasteiger partial charge in [-0.1, -0.05) is 18.2 Å². The molecule has 5 nitrogen and oxygen atoms in total. The van der Waals surface area contributed by atoms with Crippen molar-refractivity contribution < 1.29 is 4.39 Å². The molecule has 5 rings (SSSR count). The van der Waals surface area contributed by atoms with Crippen molar-refractivity contribution in [3.05, 3.63) is 78.5 Å². The number of hydrogen-bond acceptors (Lipinski definition) is 4. The van der Waals surface area contributed by atoms with Gasteiger partial charge in [0.15, 0.2) is 5.65 Å². The third-order valence-corrected chi connectivity index (χ3v) is 4.80. The summed E-state index contributed by atoms with van der Waals surface area (Å²) in [5.41, 5.74) is 2.93. The summed E-state index contributed by atoms with van der Waals surface area (Å²) >= 11 is 0. The summed E-state index contributed by atoms with van der Waals surface area (Å²) in [4.78, 5) is 11.2. The molecule has 0 radical (unpaired) electrons. The van der Waals surface area contributed by atoms with Crippen molar-refractivity contribution in [1.29, 1.82) is 0 Å².